The average Bonchev–Trinajstić information content (AvgIpc) is 3.37. The summed E-state index contributed by atoms with van der Waals surface area (Å²) >= 11 is 0. The fraction of sp³-hybridized carbons (Fsp3) is 0.286. The molecule has 1 aliphatic rings. The van der Waals surface area contributed by atoms with Crippen molar-refractivity contribution in [2.45, 2.75) is 31.9 Å². The Bertz CT molecular complexity index is 1540. The Morgan fingerprint density at radius 3 is 2.43 bits per heavy atom. The molecule has 0 unspecified atom stereocenters. The summed E-state index contributed by atoms with van der Waals surface area (Å²) in [5, 5.41) is 23.0. The van der Waals surface area contributed by atoms with Crippen molar-refractivity contribution in [2.75, 3.05) is 25.6 Å². The van der Waals surface area contributed by atoms with Gasteiger partial charge in [0.15, 0.2) is 5.82 Å². The van der Waals surface area contributed by atoms with Crippen LogP contribution in [0.2, 0.25) is 0 Å². The second-order valence-electron chi connectivity index (χ2n) is 9.23. The van der Waals surface area contributed by atoms with Crippen molar-refractivity contribution >= 4 is 17.5 Å². The van der Waals surface area contributed by atoms with E-state index < -0.39 is 17.7 Å². The van der Waals surface area contributed by atoms with Crippen LogP contribution in [0.5, 0.6) is 11.5 Å². The van der Waals surface area contributed by atoms with E-state index in [2.05, 4.69) is 25.4 Å². The van der Waals surface area contributed by atoms with Gasteiger partial charge in [-0.3, -0.25) is 15.2 Å². The van der Waals surface area contributed by atoms with E-state index in [-0.39, 0.29) is 17.9 Å². The van der Waals surface area contributed by atoms with Gasteiger partial charge in [-0.05, 0) is 48.0 Å². The molecule has 4 aromatic rings. The summed E-state index contributed by atoms with van der Waals surface area (Å²) in [4.78, 5) is 32.9. The average molecular weight is 577 g/mol. The van der Waals surface area contributed by atoms with Gasteiger partial charge < -0.3 is 30.4 Å². The molecule has 1 atom stereocenters. The minimum absolute atomic E-state index is 0.0262. The van der Waals surface area contributed by atoms with Crippen LogP contribution in [0.15, 0.2) is 65.7 Å². The number of aromatic nitrogens is 5. The van der Waals surface area contributed by atoms with Gasteiger partial charge in [-0.15, -0.1) is 9.78 Å². The van der Waals surface area contributed by atoms with E-state index in [1.807, 2.05) is 18.2 Å². The summed E-state index contributed by atoms with van der Waals surface area (Å²) in [7, 11) is 1.59. The van der Waals surface area contributed by atoms with Crippen LogP contribution in [0.4, 0.5) is 5.69 Å². The van der Waals surface area contributed by atoms with Gasteiger partial charge >= 0.3 is 5.69 Å². The zero-order valence-corrected chi connectivity index (χ0v) is 23.1. The number of nitrogens with two attached hydrogens (primary N) is 1. The van der Waals surface area contributed by atoms with Crippen LogP contribution in [0, 0.1) is 5.41 Å². The molecule has 0 bridgehead atoms. The third-order valence-corrected chi connectivity index (χ3v) is 6.10. The van der Waals surface area contributed by atoms with E-state index >= 15 is 0 Å². The summed E-state index contributed by atoms with van der Waals surface area (Å²) in [6, 6.07) is 13.7. The Morgan fingerprint density at radius 2 is 1.81 bits per heavy atom. The van der Waals surface area contributed by atoms with E-state index in [9.17, 15) is 4.79 Å². The number of amidine groups is 1. The fourth-order valence-electron chi connectivity index (χ4n) is 4.16. The Hall–Kier alpha value is -5.24. The number of aromatic amines is 1. The second kappa shape index (κ2) is 13.9. The summed E-state index contributed by atoms with van der Waals surface area (Å²) < 4.78 is 18.4. The number of carboxylic acids is 1. The van der Waals surface area contributed by atoms with Gasteiger partial charge in [-0.2, -0.15) is 0 Å². The number of ether oxygens (including phenoxy) is 3. The number of nitrogens with zero attached hydrogens (tertiary/aromatic N) is 4. The van der Waals surface area contributed by atoms with Gasteiger partial charge in [0.2, 0.25) is 0 Å². The minimum atomic E-state index is -0.833. The highest BCUT2D eigenvalue weighted by Gasteiger charge is 2.24. The number of hydrogen-bond donors (Lipinski definition) is 5. The summed E-state index contributed by atoms with van der Waals surface area (Å²) in [6.07, 6.45) is 4.70. The molecule has 1 saturated heterocycles. The predicted octanol–water partition coefficient (Wildman–Crippen LogP) is 2.49. The lowest BCUT2D eigenvalue weighted by atomic mass is 10.0. The SMILES string of the molecule is CC(=O)O.COc1cc(OC2CCOCC2)cc([C@H](Nc2ccc(C(=N)N)cc2)c2nn(-c3ncccn3)c(=O)[nH]2)c1. The molecular formula is C28H32N8O6. The van der Waals surface area contributed by atoms with Crippen molar-refractivity contribution in [1.82, 2.24) is 24.7 Å². The third kappa shape index (κ3) is 7.91. The standard InChI is InChI=1S/C26H28N8O4.C2H4O2/c1-36-20-13-17(14-21(15-20)38-19-7-11-37-12-8-19)22(31-18-5-3-16(4-6-18)23(27)28)24-32-26(35)34(33-24)25-29-9-2-10-30-25;1-2(3)4/h2-6,9-10,13-15,19,22,31H,7-8,11-12H2,1H3,(H3,27,28)(H,32,33,35);1H3,(H,3,4)/t22-;/m0./s1. The Labute approximate surface area is 241 Å². The molecule has 6 N–H and O–H groups in total. The lowest BCUT2D eigenvalue weighted by molar-refractivity contribution is -0.134. The third-order valence-electron chi connectivity index (χ3n) is 6.10. The first-order valence-electron chi connectivity index (χ1n) is 13.0. The van der Waals surface area contributed by atoms with Crippen molar-refractivity contribution in [3.05, 3.63) is 88.4 Å². The maximum Gasteiger partial charge on any atom is 0.350 e. The predicted molar refractivity (Wildman–Crippen MR) is 153 cm³/mol. The minimum Gasteiger partial charge on any atom is -0.497 e. The number of carboxylic acid groups (broad SMARTS) is 1. The van der Waals surface area contributed by atoms with Crippen LogP contribution in [-0.2, 0) is 9.53 Å². The van der Waals surface area contributed by atoms with Crippen LogP contribution < -0.4 is 26.2 Å². The van der Waals surface area contributed by atoms with E-state index in [0.29, 0.717) is 36.1 Å². The zero-order chi connectivity index (χ0) is 30.1. The van der Waals surface area contributed by atoms with Crippen LogP contribution in [0.25, 0.3) is 5.95 Å². The molecule has 2 aromatic heterocycles. The highest BCUT2D eigenvalue weighted by Crippen LogP contribution is 2.32. The molecule has 14 heteroatoms. The van der Waals surface area contributed by atoms with Gasteiger partial charge in [0.25, 0.3) is 11.9 Å². The highest BCUT2D eigenvalue weighted by molar-refractivity contribution is 5.95. The molecule has 14 nitrogen and oxygen atoms in total. The molecule has 0 amide bonds. The number of hydrogen-bond acceptors (Lipinski definition) is 10. The molecule has 1 aliphatic heterocycles. The zero-order valence-electron chi connectivity index (χ0n) is 23.1. The first kappa shape index (κ1) is 29.7. The number of rotatable bonds is 9. The number of H-pyrrole nitrogens is 1. The van der Waals surface area contributed by atoms with Crippen LogP contribution >= 0.6 is 0 Å². The summed E-state index contributed by atoms with van der Waals surface area (Å²) in [5.74, 6) is 0.860. The van der Waals surface area contributed by atoms with E-state index in [1.54, 1.807) is 37.4 Å². The fourth-order valence-corrected chi connectivity index (χ4v) is 4.16. The van der Waals surface area contributed by atoms with Crippen molar-refractivity contribution < 1.29 is 24.1 Å². The normalized spacial score (nSPS) is 13.8. The van der Waals surface area contributed by atoms with Gasteiger partial charge in [0, 0.05) is 49.5 Å². The number of carbonyl (C=O) groups is 1. The van der Waals surface area contributed by atoms with Crippen LogP contribution in [-0.4, -0.2) is 68.1 Å². The first-order chi connectivity index (χ1) is 20.2. The van der Waals surface area contributed by atoms with Crippen LogP contribution in [0.3, 0.4) is 0 Å². The summed E-state index contributed by atoms with van der Waals surface area (Å²) in [6.45, 7) is 2.39. The Balaban J connectivity index is 0.000000952. The Morgan fingerprint density at radius 1 is 1.17 bits per heavy atom. The first-order valence-corrected chi connectivity index (χ1v) is 13.0. The smallest absolute Gasteiger partial charge is 0.350 e. The van der Waals surface area contributed by atoms with Crippen molar-refractivity contribution in [3.8, 4) is 17.4 Å². The van der Waals surface area contributed by atoms with Gasteiger partial charge in [0.05, 0.1) is 20.3 Å². The molecular weight excluding hydrogens is 544 g/mol. The molecule has 1 fully saturated rings. The van der Waals surface area contributed by atoms with Crippen LogP contribution in [0.1, 0.15) is 42.8 Å². The van der Waals surface area contributed by atoms with E-state index in [1.165, 1.54) is 12.4 Å². The van der Waals surface area contributed by atoms with Crippen molar-refractivity contribution in [3.63, 3.8) is 0 Å². The van der Waals surface area contributed by atoms with Gasteiger partial charge in [-0.25, -0.2) is 14.8 Å². The molecule has 0 spiro atoms. The van der Waals surface area contributed by atoms with Crippen molar-refractivity contribution in [1.29, 1.82) is 5.41 Å². The molecule has 0 saturated carbocycles. The number of nitrogens with one attached hydrogen (secondary N) is 3. The molecule has 2 aromatic carbocycles. The maximum atomic E-state index is 12.8. The van der Waals surface area contributed by atoms with Gasteiger partial charge in [0.1, 0.15) is 29.5 Å². The maximum absolute atomic E-state index is 12.8. The number of benzene rings is 2. The molecule has 3 heterocycles. The lowest BCUT2D eigenvalue weighted by Crippen LogP contribution is -2.26. The highest BCUT2D eigenvalue weighted by atomic mass is 16.5. The van der Waals surface area contributed by atoms with E-state index in [0.717, 1.165) is 35.7 Å². The van der Waals surface area contributed by atoms with E-state index in [4.69, 9.17) is 35.3 Å². The summed E-state index contributed by atoms with van der Waals surface area (Å²) in [5.41, 5.74) is 7.20. The molecule has 0 radical (unpaired) electrons. The number of methoxy groups -OCH3 is 1. The van der Waals surface area contributed by atoms with Gasteiger partial charge in [-0.1, -0.05) is 0 Å². The molecule has 42 heavy (non-hydrogen) atoms. The largest absolute Gasteiger partial charge is 0.497 e. The monoisotopic (exact) mass is 576 g/mol. The quantitative estimate of drug-likeness (QED) is 0.145. The number of anilines is 1. The van der Waals surface area contributed by atoms with Crippen molar-refractivity contribution in [2.24, 2.45) is 5.73 Å². The molecule has 5 rings (SSSR count). The topological polar surface area (TPSA) is 203 Å². The second-order valence-corrected chi connectivity index (χ2v) is 9.23. The molecule has 0 aliphatic carbocycles. The molecule has 220 valence electrons. The Kier molecular flexibility index (Phi) is 9.84. The number of nitrogen functional groups attached to an aromatic ring is 1. The number of aliphatic carboxylic acids is 1. The lowest BCUT2D eigenvalue weighted by Gasteiger charge is -2.25.